The lowest BCUT2D eigenvalue weighted by Crippen LogP contribution is -2.44. The van der Waals surface area contributed by atoms with E-state index in [4.69, 9.17) is 0 Å². The second kappa shape index (κ2) is 6.50. The second-order valence-electron chi connectivity index (χ2n) is 5.14. The number of aromatic nitrogens is 1. The molecule has 1 amide bonds. The average Bonchev–Trinajstić information content (AvgIpc) is 2.47. The maximum atomic E-state index is 12.6. The molecule has 20 heavy (non-hydrogen) atoms. The molecular weight excluding hydrogens is 256 g/mol. The number of aromatic carboxylic acids is 1. The minimum atomic E-state index is -1.11. The van der Waals surface area contributed by atoms with E-state index in [0.29, 0.717) is 6.54 Å². The van der Waals surface area contributed by atoms with Crippen LogP contribution in [0.5, 0.6) is 0 Å². The fourth-order valence-corrected chi connectivity index (χ4v) is 2.79. The molecule has 1 aromatic rings. The normalized spacial score (nSPS) is 18.9. The van der Waals surface area contributed by atoms with Gasteiger partial charge in [0, 0.05) is 18.8 Å². The molecule has 0 saturated carbocycles. The molecule has 1 fully saturated rings. The van der Waals surface area contributed by atoms with Gasteiger partial charge in [-0.1, -0.05) is 13.3 Å². The summed E-state index contributed by atoms with van der Waals surface area (Å²) in [5.41, 5.74) is 0.0429. The number of nitrogens with zero attached hydrogens (tertiary/aromatic N) is 2. The molecule has 1 aliphatic rings. The summed E-state index contributed by atoms with van der Waals surface area (Å²) < 4.78 is 0. The number of carboxylic acid groups (broad SMARTS) is 1. The molecule has 0 aromatic carbocycles. The van der Waals surface area contributed by atoms with Gasteiger partial charge in [0.25, 0.3) is 5.91 Å². The number of carbonyl (C=O) groups excluding carboxylic acids is 1. The summed E-state index contributed by atoms with van der Waals surface area (Å²) in [5, 5.41) is 9.17. The summed E-state index contributed by atoms with van der Waals surface area (Å²) in [6, 6.07) is 3.19. The highest BCUT2D eigenvalue weighted by Crippen LogP contribution is 2.23. The first-order chi connectivity index (χ1) is 9.65. The first kappa shape index (κ1) is 14.5. The molecule has 1 N–H and O–H groups in total. The Morgan fingerprint density at radius 1 is 1.45 bits per heavy atom. The van der Waals surface area contributed by atoms with Crippen LogP contribution in [0.2, 0.25) is 0 Å². The van der Waals surface area contributed by atoms with Crippen LogP contribution in [0.3, 0.4) is 0 Å². The van der Waals surface area contributed by atoms with Crippen LogP contribution in [-0.2, 0) is 0 Å². The van der Waals surface area contributed by atoms with Crippen LogP contribution in [0, 0.1) is 0 Å². The number of carbonyl (C=O) groups is 2. The Kier molecular flexibility index (Phi) is 4.71. The molecule has 0 bridgehead atoms. The van der Waals surface area contributed by atoms with Gasteiger partial charge in [-0.2, -0.15) is 0 Å². The molecule has 1 aromatic heterocycles. The van der Waals surface area contributed by atoms with Crippen LogP contribution in [0.4, 0.5) is 0 Å². The topological polar surface area (TPSA) is 70.5 Å². The van der Waals surface area contributed by atoms with Crippen molar-refractivity contribution < 1.29 is 14.7 Å². The lowest BCUT2D eigenvalue weighted by molar-refractivity contribution is 0.0578. The molecule has 1 saturated heterocycles. The smallest absolute Gasteiger partial charge is 0.338 e. The lowest BCUT2D eigenvalue weighted by atomic mass is 9.97. The number of hydrogen-bond acceptors (Lipinski definition) is 3. The van der Waals surface area contributed by atoms with Crippen LogP contribution >= 0.6 is 0 Å². The Bertz CT molecular complexity index is 500. The van der Waals surface area contributed by atoms with Gasteiger partial charge in [-0.05, 0) is 37.8 Å². The highest BCUT2D eigenvalue weighted by molar-refractivity contribution is 6.03. The maximum absolute atomic E-state index is 12.6. The summed E-state index contributed by atoms with van der Waals surface area (Å²) in [6.07, 6.45) is 6.54. The van der Waals surface area contributed by atoms with Gasteiger partial charge in [0.15, 0.2) is 0 Å². The van der Waals surface area contributed by atoms with E-state index in [0.717, 1.165) is 32.1 Å². The number of carboxylic acids is 1. The fourth-order valence-electron chi connectivity index (χ4n) is 2.79. The quantitative estimate of drug-likeness (QED) is 0.917. The van der Waals surface area contributed by atoms with Crippen LogP contribution in [-0.4, -0.2) is 39.5 Å². The molecular formula is C15H20N2O3. The minimum Gasteiger partial charge on any atom is -0.478 e. The van der Waals surface area contributed by atoms with Crippen molar-refractivity contribution in [3.63, 3.8) is 0 Å². The number of hydrogen-bond donors (Lipinski definition) is 1. The van der Waals surface area contributed by atoms with Crippen LogP contribution in [0.15, 0.2) is 18.3 Å². The Labute approximate surface area is 118 Å². The van der Waals surface area contributed by atoms with Gasteiger partial charge >= 0.3 is 5.97 Å². The summed E-state index contributed by atoms with van der Waals surface area (Å²) in [5.74, 6) is -1.35. The van der Waals surface area contributed by atoms with E-state index in [9.17, 15) is 14.7 Å². The first-order valence-electron chi connectivity index (χ1n) is 7.14. The lowest BCUT2D eigenvalue weighted by Gasteiger charge is -2.35. The van der Waals surface area contributed by atoms with Crippen molar-refractivity contribution >= 4 is 11.9 Å². The number of pyridine rings is 1. The predicted octanol–water partition coefficient (Wildman–Crippen LogP) is 2.57. The summed E-state index contributed by atoms with van der Waals surface area (Å²) in [6.45, 7) is 2.79. The van der Waals surface area contributed by atoms with E-state index in [-0.39, 0.29) is 23.2 Å². The molecule has 2 rings (SSSR count). The van der Waals surface area contributed by atoms with E-state index >= 15 is 0 Å². The number of piperidine rings is 1. The largest absolute Gasteiger partial charge is 0.478 e. The summed E-state index contributed by atoms with van der Waals surface area (Å²) in [4.78, 5) is 29.6. The third-order valence-corrected chi connectivity index (χ3v) is 3.75. The van der Waals surface area contributed by atoms with E-state index < -0.39 is 5.97 Å². The van der Waals surface area contributed by atoms with Crippen molar-refractivity contribution in [2.75, 3.05) is 6.54 Å². The average molecular weight is 276 g/mol. The zero-order valence-corrected chi connectivity index (χ0v) is 11.7. The SMILES string of the molecule is CCCC1CCCCN1C(=O)c1ncccc1C(=O)O. The fraction of sp³-hybridized carbons (Fsp3) is 0.533. The summed E-state index contributed by atoms with van der Waals surface area (Å²) in [7, 11) is 0. The zero-order chi connectivity index (χ0) is 14.5. The Hall–Kier alpha value is -1.91. The third-order valence-electron chi connectivity index (χ3n) is 3.75. The molecule has 1 unspecified atom stereocenters. The van der Waals surface area contributed by atoms with Crippen molar-refractivity contribution in [3.8, 4) is 0 Å². The second-order valence-corrected chi connectivity index (χ2v) is 5.14. The highest BCUT2D eigenvalue weighted by Gasteiger charge is 2.29. The molecule has 0 aliphatic carbocycles. The van der Waals surface area contributed by atoms with Crippen molar-refractivity contribution in [2.45, 2.75) is 45.1 Å². The molecule has 5 nitrogen and oxygen atoms in total. The van der Waals surface area contributed by atoms with Gasteiger partial charge in [0.1, 0.15) is 5.69 Å². The van der Waals surface area contributed by atoms with Gasteiger partial charge in [0.2, 0.25) is 0 Å². The van der Waals surface area contributed by atoms with E-state index in [1.165, 1.54) is 12.3 Å². The van der Waals surface area contributed by atoms with Crippen molar-refractivity contribution in [2.24, 2.45) is 0 Å². The molecule has 0 radical (unpaired) electrons. The van der Waals surface area contributed by atoms with Gasteiger partial charge in [-0.25, -0.2) is 4.79 Å². The van der Waals surface area contributed by atoms with Gasteiger partial charge in [-0.15, -0.1) is 0 Å². The molecule has 108 valence electrons. The third kappa shape index (κ3) is 2.98. The van der Waals surface area contributed by atoms with E-state index in [1.807, 2.05) is 4.90 Å². The molecule has 0 spiro atoms. The standard InChI is InChI=1S/C15H20N2O3/c1-2-6-11-7-3-4-10-17(11)14(18)13-12(15(19)20)8-5-9-16-13/h5,8-9,11H,2-4,6-7,10H2,1H3,(H,19,20). The van der Waals surface area contributed by atoms with E-state index in [2.05, 4.69) is 11.9 Å². The van der Waals surface area contributed by atoms with Crippen molar-refractivity contribution in [1.82, 2.24) is 9.88 Å². The van der Waals surface area contributed by atoms with Crippen LogP contribution in [0.25, 0.3) is 0 Å². The predicted molar refractivity (Wildman–Crippen MR) is 74.8 cm³/mol. The van der Waals surface area contributed by atoms with Gasteiger partial charge in [0.05, 0.1) is 5.56 Å². The van der Waals surface area contributed by atoms with Crippen molar-refractivity contribution in [1.29, 1.82) is 0 Å². The monoisotopic (exact) mass is 276 g/mol. The zero-order valence-electron chi connectivity index (χ0n) is 11.7. The molecule has 2 heterocycles. The molecule has 1 atom stereocenters. The Morgan fingerprint density at radius 3 is 2.95 bits per heavy atom. The molecule has 5 heteroatoms. The van der Waals surface area contributed by atoms with Crippen LogP contribution in [0.1, 0.15) is 59.9 Å². The Balaban J connectivity index is 2.27. The first-order valence-corrected chi connectivity index (χ1v) is 7.14. The minimum absolute atomic E-state index is 0.0154. The van der Waals surface area contributed by atoms with Gasteiger partial charge < -0.3 is 10.0 Å². The summed E-state index contributed by atoms with van der Waals surface area (Å²) >= 11 is 0. The number of amides is 1. The van der Waals surface area contributed by atoms with E-state index in [1.54, 1.807) is 6.07 Å². The maximum Gasteiger partial charge on any atom is 0.338 e. The van der Waals surface area contributed by atoms with Crippen LogP contribution < -0.4 is 0 Å². The highest BCUT2D eigenvalue weighted by atomic mass is 16.4. The van der Waals surface area contributed by atoms with Gasteiger partial charge in [-0.3, -0.25) is 9.78 Å². The number of likely N-dealkylation sites (tertiary alicyclic amines) is 1. The van der Waals surface area contributed by atoms with Crippen molar-refractivity contribution in [3.05, 3.63) is 29.6 Å². The molecule has 1 aliphatic heterocycles. The Morgan fingerprint density at radius 2 is 2.25 bits per heavy atom. The number of rotatable bonds is 4.